The van der Waals surface area contributed by atoms with Gasteiger partial charge in [-0.1, -0.05) is 24.6 Å². The fourth-order valence-corrected chi connectivity index (χ4v) is 2.73. The molecule has 2 nitrogen and oxygen atoms in total. The number of hydrogen-bond acceptors (Lipinski definition) is 2. The Balaban J connectivity index is 2.02. The van der Waals surface area contributed by atoms with Crippen LogP contribution >= 0.6 is 11.8 Å². The van der Waals surface area contributed by atoms with Gasteiger partial charge in [0.1, 0.15) is 0 Å². The van der Waals surface area contributed by atoms with E-state index in [1.54, 1.807) is 24.3 Å². The number of benzene rings is 1. The second-order valence-electron chi connectivity index (χ2n) is 4.61. The summed E-state index contributed by atoms with van der Waals surface area (Å²) in [7, 11) is 0. The molecule has 0 aromatic heterocycles. The fraction of sp³-hybridized carbons (Fsp3) is 0.500. The van der Waals surface area contributed by atoms with Crippen molar-refractivity contribution in [1.82, 2.24) is 4.90 Å². The molecular formula is C14H17F2NOS. The summed E-state index contributed by atoms with van der Waals surface area (Å²) in [6.45, 7) is 1.60. The number of carbonyl (C=O) groups excluding carboxylic acids is 1. The van der Waals surface area contributed by atoms with Crippen LogP contribution in [0, 0.1) is 0 Å². The normalized spacial score (nSPS) is 16.5. The van der Waals surface area contributed by atoms with Gasteiger partial charge in [0.2, 0.25) is 0 Å². The van der Waals surface area contributed by atoms with Crippen LogP contribution in [-0.4, -0.2) is 29.7 Å². The zero-order valence-electron chi connectivity index (χ0n) is 10.6. The van der Waals surface area contributed by atoms with Crippen LogP contribution in [0.25, 0.3) is 0 Å². The maximum absolute atomic E-state index is 12.3. The zero-order valence-corrected chi connectivity index (χ0v) is 11.5. The minimum atomic E-state index is -2.42. The van der Waals surface area contributed by atoms with Gasteiger partial charge in [-0.15, -0.1) is 0 Å². The van der Waals surface area contributed by atoms with Crippen molar-refractivity contribution in [3.8, 4) is 0 Å². The van der Waals surface area contributed by atoms with Crippen molar-refractivity contribution in [2.45, 2.75) is 36.3 Å². The highest BCUT2D eigenvalue weighted by molar-refractivity contribution is 7.99. The largest absolute Gasteiger partial charge is 0.339 e. The Kier molecular flexibility index (Phi) is 5.19. The molecule has 1 amide bonds. The Labute approximate surface area is 116 Å². The zero-order chi connectivity index (χ0) is 13.7. The first-order valence-corrected chi connectivity index (χ1v) is 7.39. The third-order valence-electron chi connectivity index (χ3n) is 3.22. The van der Waals surface area contributed by atoms with Crippen molar-refractivity contribution in [3.63, 3.8) is 0 Å². The third-order valence-corrected chi connectivity index (χ3v) is 3.94. The van der Waals surface area contributed by atoms with Crippen molar-refractivity contribution in [3.05, 3.63) is 29.8 Å². The predicted octanol–water partition coefficient (Wildman–Crippen LogP) is 4.02. The first kappa shape index (κ1) is 14.3. The molecule has 104 valence electrons. The summed E-state index contributed by atoms with van der Waals surface area (Å²) in [5.74, 6) is -2.41. The summed E-state index contributed by atoms with van der Waals surface area (Å²) in [5.41, 5.74) is 0.584. The smallest absolute Gasteiger partial charge is 0.288 e. The van der Waals surface area contributed by atoms with E-state index in [-0.39, 0.29) is 5.91 Å². The van der Waals surface area contributed by atoms with E-state index in [1.807, 2.05) is 4.90 Å². The molecule has 0 radical (unpaired) electrons. The van der Waals surface area contributed by atoms with E-state index in [0.29, 0.717) is 22.2 Å². The van der Waals surface area contributed by atoms with Crippen molar-refractivity contribution in [2.24, 2.45) is 0 Å². The summed E-state index contributed by atoms with van der Waals surface area (Å²) in [4.78, 5) is 14.6. The Morgan fingerprint density at radius 3 is 2.16 bits per heavy atom. The number of hydrogen-bond donors (Lipinski definition) is 0. The highest BCUT2D eigenvalue weighted by atomic mass is 32.2. The molecule has 0 saturated carbocycles. The molecule has 1 aromatic rings. The highest BCUT2D eigenvalue weighted by Gasteiger charge is 2.17. The molecule has 1 heterocycles. The predicted molar refractivity (Wildman–Crippen MR) is 72.7 cm³/mol. The quantitative estimate of drug-likeness (QED) is 0.782. The van der Waals surface area contributed by atoms with E-state index in [0.717, 1.165) is 25.9 Å². The average molecular weight is 285 g/mol. The lowest BCUT2D eigenvalue weighted by atomic mass is 10.2. The minimum Gasteiger partial charge on any atom is -0.339 e. The maximum Gasteiger partial charge on any atom is 0.288 e. The highest BCUT2D eigenvalue weighted by Crippen LogP contribution is 2.25. The summed E-state index contributed by atoms with van der Waals surface area (Å²) in [6, 6.07) is 6.44. The van der Waals surface area contributed by atoms with Gasteiger partial charge in [-0.25, -0.2) is 0 Å². The molecule has 5 heteroatoms. The van der Waals surface area contributed by atoms with Crippen LogP contribution in [0.3, 0.4) is 0 Å². The molecule has 1 aliphatic heterocycles. The van der Waals surface area contributed by atoms with Gasteiger partial charge in [0.15, 0.2) is 0 Å². The summed E-state index contributed by atoms with van der Waals surface area (Å²) in [5, 5.41) is 0. The molecule has 1 saturated heterocycles. The van der Waals surface area contributed by atoms with Crippen LogP contribution in [0.15, 0.2) is 29.2 Å². The van der Waals surface area contributed by atoms with Gasteiger partial charge < -0.3 is 4.90 Å². The van der Waals surface area contributed by atoms with Crippen LogP contribution in [-0.2, 0) is 0 Å². The van der Waals surface area contributed by atoms with E-state index in [9.17, 15) is 13.6 Å². The minimum absolute atomic E-state index is 0.00972. The van der Waals surface area contributed by atoms with Gasteiger partial charge in [0.05, 0.1) is 0 Å². The lowest BCUT2D eigenvalue weighted by molar-refractivity contribution is 0.0761. The molecule has 0 N–H and O–H groups in total. The molecule has 0 atom stereocenters. The van der Waals surface area contributed by atoms with E-state index < -0.39 is 5.76 Å². The lowest BCUT2D eigenvalue weighted by Gasteiger charge is -2.20. The van der Waals surface area contributed by atoms with E-state index in [4.69, 9.17) is 0 Å². The second-order valence-corrected chi connectivity index (χ2v) is 5.67. The third kappa shape index (κ3) is 4.20. The van der Waals surface area contributed by atoms with Crippen molar-refractivity contribution in [2.75, 3.05) is 13.1 Å². The Hall–Kier alpha value is -1.10. The summed E-state index contributed by atoms with van der Waals surface area (Å²) >= 11 is 0.500. The number of likely N-dealkylation sites (tertiary alicyclic amines) is 1. The molecule has 0 spiro atoms. The second kappa shape index (κ2) is 6.89. The van der Waals surface area contributed by atoms with Crippen LogP contribution in [0.1, 0.15) is 36.0 Å². The summed E-state index contributed by atoms with van der Waals surface area (Å²) < 4.78 is 24.4. The van der Waals surface area contributed by atoms with Crippen LogP contribution in [0.4, 0.5) is 8.78 Å². The SMILES string of the molecule is O=C(c1ccc(SC(F)F)cc1)N1CCCCCC1. The molecule has 2 rings (SSSR count). The van der Waals surface area contributed by atoms with Gasteiger partial charge in [-0.3, -0.25) is 4.79 Å². The molecule has 0 unspecified atom stereocenters. The first-order valence-electron chi connectivity index (χ1n) is 6.51. The molecule has 19 heavy (non-hydrogen) atoms. The van der Waals surface area contributed by atoms with Crippen molar-refractivity contribution >= 4 is 17.7 Å². The Morgan fingerprint density at radius 2 is 1.63 bits per heavy atom. The Morgan fingerprint density at radius 1 is 1.05 bits per heavy atom. The molecular weight excluding hydrogens is 268 g/mol. The molecule has 1 fully saturated rings. The fourth-order valence-electron chi connectivity index (χ4n) is 2.24. The van der Waals surface area contributed by atoms with Crippen LogP contribution < -0.4 is 0 Å². The number of amides is 1. The Bertz CT molecular complexity index is 414. The molecule has 0 aliphatic carbocycles. The van der Waals surface area contributed by atoms with Gasteiger partial charge >= 0.3 is 0 Å². The van der Waals surface area contributed by atoms with E-state index >= 15 is 0 Å². The van der Waals surface area contributed by atoms with Crippen LogP contribution in [0.5, 0.6) is 0 Å². The van der Waals surface area contributed by atoms with E-state index in [2.05, 4.69) is 0 Å². The molecule has 1 aromatic carbocycles. The number of halogens is 2. The summed E-state index contributed by atoms with van der Waals surface area (Å²) in [6.07, 6.45) is 4.44. The van der Waals surface area contributed by atoms with Crippen molar-refractivity contribution < 1.29 is 13.6 Å². The van der Waals surface area contributed by atoms with Crippen molar-refractivity contribution in [1.29, 1.82) is 0 Å². The lowest BCUT2D eigenvalue weighted by Crippen LogP contribution is -2.31. The number of thioether (sulfide) groups is 1. The molecule has 0 bridgehead atoms. The number of carbonyl (C=O) groups is 1. The van der Waals surface area contributed by atoms with Gasteiger partial charge in [-0.05, 0) is 37.1 Å². The molecule has 1 aliphatic rings. The maximum atomic E-state index is 12.3. The monoisotopic (exact) mass is 285 g/mol. The van der Waals surface area contributed by atoms with Gasteiger partial charge in [0, 0.05) is 23.5 Å². The number of alkyl halides is 2. The van der Waals surface area contributed by atoms with Crippen LogP contribution in [0.2, 0.25) is 0 Å². The topological polar surface area (TPSA) is 20.3 Å². The standard InChI is InChI=1S/C14H17F2NOS/c15-14(16)19-12-7-5-11(6-8-12)13(18)17-9-3-1-2-4-10-17/h5-8,14H,1-4,9-10H2. The van der Waals surface area contributed by atoms with Gasteiger partial charge in [-0.2, -0.15) is 8.78 Å². The average Bonchev–Trinajstić information content (AvgIpc) is 2.67. The number of rotatable bonds is 3. The number of nitrogens with zero attached hydrogens (tertiary/aromatic N) is 1. The van der Waals surface area contributed by atoms with E-state index in [1.165, 1.54) is 12.8 Å². The van der Waals surface area contributed by atoms with Gasteiger partial charge in [0.25, 0.3) is 11.7 Å². The first-order chi connectivity index (χ1) is 9.16.